The summed E-state index contributed by atoms with van der Waals surface area (Å²) >= 11 is 0. The van der Waals surface area contributed by atoms with E-state index in [1.54, 1.807) is 36.6 Å². The van der Waals surface area contributed by atoms with Crippen LogP contribution in [0.15, 0.2) is 59.9 Å². The summed E-state index contributed by atoms with van der Waals surface area (Å²) < 4.78 is 61.9. The zero-order valence-corrected chi connectivity index (χ0v) is 19.6. The van der Waals surface area contributed by atoms with Gasteiger partial charge in [0.05, 0.1) is 22.5 Å². The maximum Gasteiger partial charge on any atom is 0.416 e. The molecule has 0 atom stereocenters. The van der Waals surface area contributed by atoms with Gasteiger partial charge in [0.25, 0.3) is 0 Å². The third-order valence-corrected chi connectivity index (χ3v) is 5.25. The molecule has 0 fully saturated rings. The number of aliphatic imine (C=N–C) groups is 1. The molecule has 35 heavy (non-hydrogen) atoms. The van der Waals surface area contributed by atoms with E-state index in [4.69, 9.17) is 4.74 Å². The van der Waals surface area contributed by atoms with Gasteiger partial charge >= 0.3 is 6.18 Å². The highest BCUT2D eigenvalue weighted by Crippen LogP contribution is 2.33. The zero-order valence-electron chi connectivity index (χ0n) is 19.6. The van der Waals surface area contributed by atoms with Crippen molar-refractivity contribution in [2.24, 2.45) is 4.99 Å². The molecule has 0 N–H and O–H groups in total. The highest BCUT2D eigenvalue weighted by Gasteiger charge is 2.30. The third kappa shape index (κ3) is 5.32. The van der Waals surface area contributed by atoms with Crippen molar-refractivity contribution in [3.8, 4) is 11.6 Å². The molecular weight excluding hydrogens is 462 g/mol. The molecule has 0 saturated carbocycles. The van der Waals surface area contributed by atoms with Crippen LogP contribution in [0.1, 0.15) is 23.9 Å². The summed E-state index contributed by atoms with van der Waals surface area (Å²) in [6.45, 7) is 4.00. The molecule has 0 saturated heterocycles. The van der Waals surface area contributed by atoms with E-state index in [1.165, 1.54) is 24.5 Å². The number of halogens is 4. The Kier molecular flexibility index (Phi) is 6.58. The molecular formula is C25H23F4N5O. The Morgan fingerprint density at radius 3 is 2.57 bits per heavy atom. The average Bonchev–Trinajstić information content (AvgIpc) is 3.12. The number of hydrogen-bond acceptors (Lipinski definition) is 5. The largest absolute Gasteiger partial charge is 0.436 e. The standard InChI is InChI=1S/C25H23F4N5O/c1-15-10-20-21(34(15)16(2)32-18-7-5-6-17(11-18)25(27,28)29)8-9-22(24(20)26)35-23-12-19(13-33(3)4)30-14-31-23/h5-12,14H,13H2,1-4H3. The molecule has 2 heterocycles. The Morgan fingerprint density at radius 2 is 1.86 bits per heavy atom. The molecule has 0 spiro atoms. The minimum absolute atomic E-state index is 0.00313. The van der Waals surface area contributed by atoms with Gasteiger partial charge in [0.1, 0.15) is 12.2 Å². The smallest absolute Gasteiger partial charge is 0.416 e. The van der Waals surface area contributed by atoms with Crippen molar-refractivity contribution in [2.75, 3.05) is 14.1 Å². The minimum Gasteiger partial charge on any atom is -0.436 e. The van der Waals surface area contributed by atoms with Crippen molar-refractivity contribution in [3.05, 3.63) is 77.6 Å². The van der Waals surface area contributed by atoms with Gasteiger partial charge in [-0.25, -0.2) is 19.4 Å². The average molecular weight is 485 g/mol. The molecule has 0 amide bonds. The number of benzene rings is 2. The number of fused-ring (bicyclic) bond motifs is 1. The van der Waals surface area contributed by atoms with E-state index in [1.807, 2.05) is 19.0 Å². The maximum atomic E-state index is 15.4. The third-order valence-electron chi connectivity index (χ3n) is 5.25. The van der Waals surface area contributed by atoms with Crippen LogP contribution in [-0.4, -0.2) is 39.4 Å². The van der Waals surface area contributed by atoms with Crippen molar-refractivity contribution in [1.29, 1.82) is 0 Å². The van der Waals surface area contributed by atoms with Crippen LogP contribution in [-0.2, 0) is 12.7 Å². The van der Waals surface area contributed by atoms with Gasteiger partial charge in [-0.1, -0.05) is 6.07 Å². The Hall–Kier alpha value is -3.79. The zero-order chi connectivity index (χ0) is 25.3. The lowest BCUT2D eigenvalue weighted by Crippen LogP contribution is -2.12. The lowest BCUT2D eigenvalue weighted by atomic mass is 10.2. The summed E-state index contributed by atoms with van der Waals surface area (Å²) in [5.41, 5.74) is 1.27. The maximum absolute atomic E-state index is 15.4. The predicted octanol–water partition coefficient (Wildman–Crippen LogP) is 6.35. The van der Waals surface area contributed by atoms with E-state index < -0.39 is 17.6 Å². The van der Waals surface area contributed by atoms with Crippen LogP contribution in [0.5, 0.6) is 11.6 Å². The van der Waals surface area contributed by atoms with Gasteiger partial charge in [0.15, 0.2) is 11.6 Å². The molecule has 6 nitrogen and oxygen atoms in total. The van der Waals surface area contributed by atoms with Crippen LogP contribution in [0.2, 0.25) is 0 Å². The Labute approximate surface area is 199 Å². The van der Waals surface area contributed by atoms with Crippen molar-refractivity contribution >= 4 is 22.4 Å². The first-order chi connectivity index (χ1) is 16.5. The first-order valence-electron chi connectivity index (χ1n) is 10.7. The van der Waals surface area contributed by atoms with Gasteiger partial charge in [-0.2, -0.15) is 13.2 Å². The molecule has 0 unspecified atom stereocenters. The highest BCUT2D eigenvalue weighted by molar-refractivity contribution is 5.97. The Bertz CT molecular complexity index is 1410. The van der Waals surface area contributed by atoms with E-state index in [2.05, 4.69) is 15.0 Å². The molecule has 0 radical (unpaired) electrons. The predicted molar refractivity (Wildman–Crippen MR) is 126 cm³/mol. The van der Waals surface area contributed by atoms with Crippen molar-refractivity contribution in [1.82, 2.24) is 19.4 Å². The van der Waals surface area contributed by atoms with E-state index in [0.29, 0.717) is 29.0 Å². The van der Waals surface area contributed by atoms with E-state index >= 15 is 4.39 Å². The molecule has 4 aromatic rings. The van der Waals surface area contributed by atoms with Gasteiger partial charge < -0.3 is 14.2 Å². The van der Waals surface area contributed by atoms with E-state index in [0.717, 1.165) is 17.8 Å². The van der Waals surface area contributed by atoms with Gasteiger partial charge in [-0.15, -0.1) is 0 Å². The molecule has 4 rings (SSSR count). The van der Waals surface area contributed by atoms with Gasteiger partial charge in [0.2, 0.25) is 5.88 Å². The fraction of sp³-hybridized carbons (Fsp3) is 0.240. The van der Waals surface area contributed by atoms with Crippen LogP contribution < -0.4 is 4.74 Å². The topological polar surface area (TPSA) is 55.5 Å². The minimum atomic E-state index is -4.47. The normalized spacial score (nSPS) is 12.5. The van der Waals surface area contributed by atoms with Crippen LogP contribution >= 0.6 is 0 Å². The summed E-state index contributed by atoms with van der Waals surface area (Å²) in [5, 5.41) is 0.293. The molecule has 182 valence electrons. The van der Waals surface area contributed by atoms with Crippen LogP contribution in [0.3, 0.4) is 0 Å². The summed E-state index contributed by atoms with van der Waals surface area (Å²) in [7, 11) is 3.81. The Morgan fingerprint density at radius 1 is 1.09 bits per heavy atom. The lowest BCUT2D eigenvalue weighted by Gasteiger charge is -2.11. The Balaban J connectivity index is 1.68. The van der Waals surface area contributed by atoms with E-state index in [9.17, 15) is 13.2 Å². The van der Waals surface area contributed by atoms with Gasteiger partial charge in [0, 0.05) is 23.7 Å². The molecule has 0 aliphatic rings. The quantitative estimate of drug-likeness (QED) is 0.188. The van der Waals surface area contributed by atoms with Crippen molar-refractivity contribution < 1.29 is 22.3 Å². The van der Waals surface area contributed by atoms with Crippen molar-refractivity contribution in [3.63, 3.8) is 0 Å². The second kappa shape index (κ2) is 9.46. The molecule has 0 aliphatic carbocycles. The van der Waals surface area contributed by atoms with E-state index in [-0.39, 0.29) is 17.3 Å². The second-order valence-corrected chi connectivity index (χ2v) is 8.33. The molecule has 2 aromatic carbocycles. The summed E-state index contributed by atoms with van der Waals surface area (Å²) in [4.78, 5) is 14.5. The van der Waals surface area contributed by atoms with Crippen LogP contribution in [0.25, 0.3) is 10.9 Å². The fourth-order valence-electron chi connectivity index (χ4n) is 3.81. The van der Waals surface area contributed by atoms with Gasteiger partial charge in [-0.3, -0.25) is 0 Å². The summed E-state index contributed by atoms with van der Waals surface area (Å²) in [6.07, 6.45) is -3.11. The summed E-state index contributed by atoms with van der Waals surface area (Å²) in [6, 6.07) is 11.2. The number of aromatic nitrogens is 3. The number of aryl methyl sites for hydroxylation is 1. The number of alkyl halides is 3. The first kappa shape index (κ1) is 24.3. The van der Waals surface area contributed by atoms with Crippen molar-refractivity contribution in [2.45, 2.75) is 26.6 Å². The second-order valence-electron chi connectivity index (χ2n) is 8.33. The molecule has 10 heteroatoms. The van der Waals surface area contributed by atoms with Crippen LogP contribution in [0.4, 0.5) is 23.2 Å². The van der Waals surface area contributed by atoms with Gasteiger partial charge in [-0.05, 0) is 64.3 Å². The highest BCUT2D eigenvalue weighted by atomic mass is 19.4. The van der Waals surface area contributed by atoms with Crippen LogP contribution in [0, 0.1) is 12.7 Å². The number of ether oxygens (including phenoxy) is 1. The molecule has 2 aromatic heterocycles. The number of nitrogens with zero attached hydrogens (tertiary/aromatic N) is 5. The number of hydrogen-bond donors (Lipinski definition) is 0. The SMILES string of the molecule is CC(=Nc1cccc(C(F)(F)F)c1)n1c(C)cc2c(F)c(Oc3cc(CN(C)C)ncn3)ccc21. The molecule has 0 bridgehead atoms. The monoisotopic (exact) mass is 485 g/mol. The molecule has 0 aliphatic heterocycles. The number of rotatable bonds is 5. The lowest BCUT2D eigenvalue weighted by molar-refractivity contribution is -0.137. The fourth-order valence-corrected chi connectivity index (χ4v) is 3.81. The summed E-state index contributed by atoms with van der Waals surface area (Å²) in [5.74, 6) is 0.0307. The first-order valence-corrected chi connectivity index (χ1v) is 10.7.